The van der Waals surface area contributed by atoms with E-state index in [1.807, 2.05) is 0 Å². The average molecular weight is 261 g/mol. The Bertz CT molecular complexity index is 365. The molecular weight excluding hydrogens is 234 g/mol. The minimum absolute atomic E-state index is 0.268. The second-order valence-corrected chi connectivity index (χ2v) is 6.10. The predicted molar refractivity (Wildman–Crippen MR) is 80.1 cm³/mol. The quantitative estimate of drug-likeness (QED) is 0.825. The van der Waals surface area contributed by atoms with Gasteiger partial charge in [0.05, 0.1) is 0 Å². The smallest absolute Gasteiger partial charge is 0.0471 e. The van der Waals surface area contributed by atoms with E-state index in [2.05, 4.69) is 49.5 Å². The first-order valence-electron chi connectivity index (χ1n) is 7.61. The van der Waals surface area contributed by atoms with Crippen molar-refractivity contribution in [1.82, 2.24) is 5.32 Å². The topological polar surface area (TPSA) is 32.3 Å². The molecule has 0 heterocycles. The van der Waals surface area contributed by atoms with Gasteiger partial charge in [0.1, 0.15) is 0 Å². The molecule has 1 aliphatic rings. The fourth-order valence-electron chi connectivity index (χ4n) is 3.08. The molecule has 0 spiro atoms. The summed E-state index contributed by atoms with van der Waals surface area (Å²) in [7, 11) is 0. The van der Waals surface area contributed by atoms with E-state index in [9.17, 15) is 5.11 Å². The van der Waals surface area contributed by atoms with E-state index < -0.39 is 0 Å². The largest absolute Gasteiger partial charge is 0.396 e. The first-order chi connectivity index (χ1) is 9.20. The number of hydrogen-bond acceptors (Lipinski definition) is 2. The molecule has 0 amide bonds. The lowest BCUT2D eigenvalue weighted by atomic mass is 9.93. The molecule has 2 nitrogen and oxygen atoms in total. The fraction of sp³-hybridized carbons (Fsp3) is 0.647. The molecule has 2 heteroatoms. The van der Waals surface area contributed by atoms with Crippen LogP contribution in [0.15, 0.2) is 30.3 Å². The Morgan fingerprint density at radius 3 is 2.63 bits per heavy atom. The molecule has 106 valence electrons. The van der Waals surface area contributed by atoms with Crippen LogP contribution < -0.4 is 5.32 Å². The number of nitrogens with one attached hydrogen (secondary N) is 1. The van der Waals surface area contributed by atoms with Crippen LogP contribution in [0.25, 0.3) is 0 Å². The van der Waals surface area contributed by atoms with Crippen molar-refractivity contribution < 1.29 is 5.11 Å². The van der Waals surface area contributed by atoms with E-state index in [1.54, 1.807) is 0 Å². The highest BCUT2D eigenvalue weighted by molar-refractivity contribution is 5.16. The molecule has 0 aromatic heterocycles. The molecule has 1 fully saturated rings. The van der Waals surface area contributed by atoms with Gasteiger partial charge in [0.15, 0.2) is 0 Å². The Morgan fingerprint density at radius 2 is 1.95 bits per heavy atom. The third-order valence-electron chi connectivity index (χ3n) is 4.62. The van der Waals surface area contributed by atoms with Gasteiger partial charge >= 0.3 is 0 Å². The lowest BCUT2D eigenvalue weighted by molar-refractivity contribution is 0.195. The summed E-state index contributed by atoms with van der Waals surface area (Å²) in [5.41, 5.74) is 1.45. The maximum absolute atomic E-state index is 9.24. The zero-order chi connectivity index (χ0) is 13.7. The second-order valence-electron chi connectivity index (χ2n) is 6.10. The van der Waals surface area contributed by atoms with E-state index in [-0.39, 0.29) is 6.61 Å². The summed E-state index contributed by atoms with van der Waals surface area (Å²) in [6.07, 6.45) is 5.11. The summed E-state index contributed by atoms with van der Waals surface area (Å²) in [5, 5.41) is 13.0. The van der Waals surface area contributed by atoms with Crippen molar-refractivity contribution in [2.75, 3.05) is 6.61 Å². The van der Waals surface area contributed by atoms with Crippen molar-refractivity contribution in [1.29, 1.82) is 0 Å². The standard InChI is InChI=1S/C17H27NO/c1-13(12-19)14(2)18-17-10-6-9-16(17)11-15-7-4-3-5-8-15/h3-5,7-8,13-14,16-19H,6,9-12H2,1-2H3. The Morgan fingerprint density at radius 1 is 1.21 bits per heavy atom. The third-order valence-corrected chi connectivity index (χ3v) is 4.62. The van der Waals surface area contributed by atoms with Crippen LogP contribution in [0.2, 0.25) is 0 Å². The van der Waals surface area contributed by atoms with Crippen LogP contribution in [0.3, 0.4) is 0 Å². The first kappa shape index (κ1) is 14.5. The Balaban J connectivity index is 1.90. The minimum Gasteiger partial charge on any atom is -0.396 e. The summed E-state index contributed by atoms with van der Waals surface area (Å²) in [6.45, 7) is 4.57. The molecule has 0 aliphatic heterocycles. The second kappa shape index (κ2) is 7.06. The van der Waals surface area contributed by atoms with Gasteiger partial charge in [-0.05, 0) is 43.6 Å². The summed E-state index contributed by atoms with van der Waals surface area (Å²) < 4.78 is 0. The summed E-state index contributed by atoms with van der Waals surface area (Å²) in [5.74, 6) is 1.08. The van der Waals surface area contributed by atoms with Gasteiger partial charge < -0.3 is 10.4 Å². The molecule has 0 saturated heterocycles. The Labute approximate surface area is 117 Å². The zero-order valence-corrected chi connectivity index (χ0v) is 12.2. The zero-order valence-electron chi connectivity index (χ0n) is 12.2. The molecule has 1 aromatic rings. The summed E-state index contributed by atoms with van der Waals surface area (Å²) >= 11 is 0. The third kappa shape index (κ3) is 4.05. The van der Waals surface area contributed by atoms with Crippen molar-refractivity contribution in [2.45, 2.75) is 51.6 Å². The molecule has 1 saturated carbocycles. The Hall–Kier alpha value is -0.860. The van der Waals surface area contributed by atoms with Gasteiger partial charge in [-0.1, -0.05) is 43.7 Å². The highest BCUT2D eigenvalue weighted by Crippen LogP contribution is 2.29. The van der Waals surface area contributed by atoms with Crippen LogP contribution in [0.5, 0.6) is 0 Å². The molecule has 0 radical (unpaired) electrons. The fourth-order valence-corrected chi connectivity index (χ4v) is 3.08. The van der Waals surface area contributed by atoms with Crippen LogP contribution >= 0.6 is 0 Å². The summed E-state index contributed by atoms with van der Waals surface area (Å²) in [6, 6.07) is 11.8. The molecule has 1 aromatic carbocycles. The van der Waals surface area contributed by atoms with Gasteiger partial charge in [-0.2, -0.15) is 0 Å². The first-order valence-corrected chi connectivity index (χ1v) is 7.61. The van der Waals surface area contributed by atoms with E-state index in [1.165, 1.54) is 31.2 Å². The van der Waals surface area contributed by atoms with Crippen molar-refractivity contribution in [2.24, 2.45) is 11.8 Å². The van der Waals surface area contributed by atoms with Gasteiger partial charge in [-0.15, -0.1) is 0 Å². The number of aliphatic hydroxyl groups is 1. The van der Waals surface area contributed by atoms with Crippen LogP contribution in [-0.4, -0.2) is 23.8 Å². The van der Waals surface area contributed by atoms with Crippen LogP contribution in [0.1, 0.15) is 38.7 Å². The SMILES string of the molecule is CC(CO)C(C)NC1CCCC1Cc1ccccc1. The lowest BCUT2D eigenvalue weighted by Gasteiger charge is -2.28. The van der Waals surface area contributed by atoms with Gasteiger partial charge in [-0.25, -0.2) is 0 Å². The van der Waals surface area contributed by atoms with Gasteiger partial charge in [-0.3, -0.25) is 0 Å². The normalized spacial score (nSPS) is 26.3. The highest BCUT2D eigenvalue weighted by atomic mass is 16.3. The van der Waals surface area contributed by atoms with Crippen molar-refractivity contribution >= 4 is 0 Å². The number of benzene rings is 1. The van der Waals surface area contributed by atoms with E-state index >= 15 is 0 Å². The average Bonchev–Trinajstić information content (AvgIpc) is 2.86. The molecule has 4 atom stereocenters. The Kier molecular flexibility index (Phi) is 5.41. The van der Waals surface area contributed by atoms with Gasteiger partial charge in [0.25, 0.3) is 0 Å². The highest BCUT2D eigenvalue weighted by Gasteiger charge is 2.29. The van der Waals surface area contributed by atoms with Crippen molar-refractivity contribution in [3.8, 4) is 0 Å². The maximum atomic E-state index is 9.24. The molecule has 2 rings (SSSR count). The van der Waals surface area contributed by atoms with Gasteiger partial charge in [0.2, 0.25) is 0 Å². The van der Waals surface area contributed by atoms with Gasteiger partial charge in [0, 0.05) is 18.7 Å². The number of hydrogen-bond donors (Lipinski definition) is 2. The van der Waals surface area contributed by atoms with Crippen molar-refractivity contribution in [3.05, 3.63) is 35.9 Å². The molecule has 0 bridgehead atoms. The molecule has 1 aliphatic carbocycles. The van der Waals surface area contributed by atoms with Crippen molar-refractivity contribution in [3.63, 3.8) is 0 Å². The van der Waals surface area contributed by atoms with Crippen LogP contribution in [0, 0.1) is 11.8 Å². The van der Waals surface area contributed by atoms with E-state index in [4.69, 9.17) is 0 Å². The molecule has 2 N–H and O–H groups in total. The monoisotopic (exact) mass is 261 g/mol. The number of rotatable bonds is 6. The number of aliphatic hydroxyl groups excluding tert-OH is 1. The van der Waals surface area contributed by atoms with E-state index in [0.717, 1.165) is 5.92 Å². The lowest BCUT2D eigenvalue weighted by Crippen LogP contribution is -2.43. The predicted octanol–water partition coefficient (Wildman–Crippen LogP) is 3.00. The minimum atomic E-state index is 0.268. The summed E-state index contributed by atoms with van der Waals surface area (Å²) in [4.78, 5) is 0. The molecule has 19 heavy (non-hydrogen) atoms. The maximum Gasteiger partial charge on any atom is 0.0471 e. The van der Waals surface area contributed by atoms with Crippen LogP contribution in [-0.2, 0) is 6.42 Å². The van der Waals surface area contributed by atoms with Crippen LogP contribution in [0.4, 0.5) is 0 Å². The molecule has 4 unspecified atom stereocenters. The molecular formula is C17H27NO. The van der Waals surface area contributed by atoms with E-state index in [0.29, 0.717) is 18.0 Å².